The summed E-state index contributed by atoms with van der Waals surface area (Å²) in [5.41, 5.74) is 0.782. The second kappa shape index (κ2) is 8.62. The molecule has 0 unspecified atom stereocenters. The minimum Gasteiger partial charge on any atom is -0.348 e. The Labute approximate surface area is 157 Å². The molecule has 0 atom stereocenters. The summed E-state index contributed by atoms with van der Waals surface area (Å²) >= 11 is 6.07. The Kier molecular flexibility index (Phi) is 6.75. The topological polar surface area (TPSA) is 66.5 Å². The highest BCUT2D eigenvalue weighted by Crippen LogP contribution is 2.23. The first-order valence-corrected chi connectivity index (χ1v) is 9.93. The van der Waals surface area contributed by atoms with E-state index in [1.807, 2.05) is 0 Å². The van der Waals surface area contributed by atoms with Crippen molar-refractivity contribution in [3.63, 3.8) is 0 Å². The summed E-state index contributed by atoms with van der Waals surface area (Å²) in [5, 5.41) is 2.81. The number of carbonyl (C=O) groups excluding carboxylic acids is 1. The zero-order valence-electron chi connectivity index (χ0n) is 14.5. The molecule has 2 aromatic rings. The van der Waals surface area contributed by atoms with Gasteiger partial charge in [-0.2, -0.15) is 4.31 Å². The van der Waals surface area contributed by atoms with Crippen LogP contribution in [0.1, 0.15) is 29.8 Å². The summed E-state index contributed by atoms with van der Waals surface area (Å²) < 4.78 is 39.4. The van der Waals surface area contributed by atoms with Crippen molar-refractivity contribution in [1.82, 2.24) is 9.62 Å². The summed E-state index contributed by atoms with van der Waals surface area (Å²) in [6.45, 7) is 4.31. The molecule has 1 amide bonds. The molecule has 2 rings (SSSR count). The number of benzene rings is 2. The van der Waals surface area contributed by atoms with Crippen LogP contribution >= 0.6 is 11.6 Å². The first-order valence-electron chi connectivity index (χ1n) is 8.12. The Balaban J connectivity index is 2.23. The van der Waals surface area contributed by atoms with Crippen molar-refractivity contribution in [2.45, 2.75) is 25.3 Å². The molecule has 1 N–H and O–H groups in total. The van der Waals surface area contributed by atoms with Gasteiger partial charge in [-0.15, -0.1) is 0 Å². The van der Waals surface area contributed by atoms with Crippen molar-refractivity contribution >= 4 is 27.5 Å². The second-order valence-corrected chi connectivity index (χ2v) is 7.89. The maximum absolute atomic E-state index is 12.9. The van der Waals surface area contributed by atoms with Crippen LogP contribution in [0.3, 0.4) is 0 Å². The van der Waals surface area contributed by atoms with Gasteiger partial charge in [0.2, 0.25) is 10.0 Å². The highest BCUT2D eigenvalue weighted by atomic mass is 35.5. The number of halogens is 2. The lowest BCUT2D eigenvalue weighted by molar-refractivity contribution is 0.0951. The van der Waals surface area contributed by atoms with Gasteiger partial charge in [-0.3, -0.25) is 4.79 Å². The van der Waals surface area contributed by atoms with Crippen LogP contribution in [-0.2, 0) is 16.6 Å². The predicted octanol–water partition coefficient (Wildman–Crippen LogP) is 3.44. The smallest absolute Gasteiger partial charge is 0.253 e. The number of hydrogen-bond acceptors (Lipinski definition) is 3. The molecular weight excluding hydrogens is 379 g/mol. The molecule has 0 aromatic heterocycles. The fourth-order valence-electron chi connectivity index (χ4n) is 2.43. The number of carbonyl (C=O) groups is 1. The molecule has 5 nitrogen and oxygen atoms in total. The van der Waals surface area contributed by atoms with Gasteiger partial charge in [0.15, 0.2) is 0 Å². The Hall–Kier alpha value is -1.96. The minimum atomic E-state index is -3.69. The van der Waals surface area contributed by atoms with E-state index in [0.717, 1.165) is 0 Å². The van der Waals surface area contributed by atoms with E-state index in [4.69, 9.17) is 11.6 Å². The zero-order chi connectivity index (χ0) is 19.3. The average Bonchev–Trinajstić information content (AvgIpc) is 2.62. The molecule has 140 valence electrons. The quantitative estimate of drug-likeness (QED) is 0.776. The Morgan fingerprint density at radius 2 is 1.73 bits per heavy atom. The molecule has 0 fully saturated rings. The SMILES string of the molecule is CCN(CC)S(=O)(=O)c1ccc(Cl)c(C(=O)NCc2ccc(F)cc2)c1. The van der Waals surface area contributed by atoms with E-state index in [0.29, 0.717) is 18.7 Å². The van der Waals surface area contributed by atoms with Crippen molar-refractivity contribution in [2.75, 3.05) is 13.1 Å². The van der Waals surface area contributed by atoms with Crippen molar-refractivity contribution in [1.29, 1.82) is 0 Å². The van der Waals surface area contributed by atoms with Crippen molar-refractivity contribution in [3.05, 3.63) is 64.4 Å². The van der Waals surface area contributed by atoms with Crippen LogP contribution in [0.15, 0.2) is 47.4 Å². The van der Waals surface area contributed by atoms with Gasteiger partial charge in [0.05, 0.1) is 15.5 Å². The molecule has 0 radical (unpaired) electrons. The molecule has 2 aromatic carbocycles. The maximum atomic E-state index is 12.9. The highest BCUT2D eigenvalue weighted by Gasteiger charge is 2.23. The third-order valence-electron chi connectivity index (χ3n) is 3.89. The Morgan fingerprint density at radius 3 is 2.31 bits per heavy atom. The molecule has 8 heteroatoms. The van der Waals surface area contributed by atoms with Crippen molar-refractivity contribution in [3.8, 4) is 0 Å². The number of sulfonamides is 1. The van der Waals surface area contributed by atoms with Crippen LogP contribution in [0.2, 0.25) is 5.02 Å². The van der Waals surface area contributed by atoms with Crippen LogP contribution < -0.4 is 5.32 Å². The summed E-state index contributed by atoms with van der Waals surface area (Å²) in [5.74, 6) is -0.867. The van der Waals surface area contributed by atoms with Gasteiger partial charge in [0.25, 0.3) is 5.91 Å². The van der Waals surface area contributed by atoms with E-state index in [2.05, 4.69) is 5.32 Å². The molecule has 26 heavy (non-hydrogen) atoms. The molecule has 0 saturated heterocycles. The van der Waals surface area contributed by atoms with Gasteiger partial charge in [0.1, 0.15) is 5.82 Å². The Bertz CT molecular complexity index is 882. The van der Waals surface area contributed by atoms with Gasteiger partial charge in [0, 0.05) is 19.6 Å². The molecule has 0 heterocycles. The lowest BCUT2D eigenvalue weighted by atomic mass is 10.2. The highest BCUT2D eigenvalue weighted by molar-refractivity contribution is 7.89. The normalized spacial score (nSPS) is 11.6. The lowest BCUT2D eigenvalue weighted by Crippen LogP contribution is -2.31. The molecule has 0 aliphatic carbocycles. The lowest BCUT2D eigenvalue weighted by Gasteiger charge is -2.19. The Morgan fingerprint density at radius 1 is 1.12 bits per heavy atom. The molecular formula is C18H20ClFN2O3S. The van der Waals surface area contributed by atoms with E-state index in [-0.39, 0.29) is 27.8 Å². The van der Waals surface area contributed by atoms with Gasteiger partial charge in [-0.25, -0.2) is 12.8 Å². The predicted molar refractivity (Wildman–Crippen MR) is 99.1 cm³/mol. The molecule has 0 aliphatic heterocycles. The third kappa shape index (κ3) is 4.60. The largest absolute Gasteiger partial charge is 0.348 e. The van der Waals surface area contributed by atoms with E-state index in [1.54, 1.807) is 26.0 Å². The molecule has 0 spiro atoms. The van der Waals surface area contributed by atoms with E-state index in [1.165, 1.54) is 34.6 Å². The summed E-state index contributed by atoms with van der Waals surface area (Å²) in [6, 6.07) is 9.75. The first kappa shape index (κ1) is 20.4. The van der Waals surface area contributed by atoms with Crippen LogP contribution in [0.25, 0.3) is 0 Å². The van der Waals surface area contributed by atoms with Gasteiger partial charge in [-0.05, 0) is 35.9 Å². The number of hydrogen-bond donors (Lipinski definition) is 1. The van der Waals surface area contributed by atoms with Crippen molar-refractivity contribution < 1.29 is 17.6 Å². The molecule has 0 saturated carbocycles. The third-order valence-corrected chi connectivity index (χ3v) is 6.27. The van der Waals surface area contributed by atoms with Crippen LogP contribution in [-0.4, -0.2) is 31.7 Å². The van der Waals surface area contributed by atoms with Crippen molar-refractivity contribution in [2.24, 2.45) is 0 Å². The maximum Gasteiger partial charge on any atom is 0.253 e. The standard InChI is InChI=1S/C18H20ClFN2O3S/c1-3-22(4-2)26(24,25)15-9-10-17(19)16(11-15)18(23)21-12-13-5-7-14(20)8-6-13/h5-11H,3-4,12H2,1-2H3,(H,21,23). The number of nitrogens with one attached hydrogen (secondary N) is 1. The van der Waals surface area contributed by atoms with Gasteiger partial charge in [-0.1, -0.05) is 37.6 Å². The fourth-order valence-corrected chi connectivity index (χ4v) is 4.12. The molecule has 0 aliphatic rings. The monoisotopic (exact) mass is 398 g/mol. The first-order chi connectivity index (χ1) is 12.3. The second-order valence-electron chi connectivity index (χ2n) is 5.54. The van der Waals surface area contributed by atoms with Gasteiger partial charge >= 0.3 is 0 Å². The number of amides is 1. The average molecular weight is 399 g/mol. The summed E-state index contributed by atoms with van der Waals surface area (Å²) in [7, 11) is -3.69. The van der Waals surface area contributed by atoms with Crippen LogP contribution in [0.4, 0.5) is 4.39 Å². The summed E-state index contributed by atoms with van der Waals surface area (Å²) in [6.07, 6.45) is 0. The van der Waals surface area contributed by atoms with Crippen LogP contribution in [0.5, 0.6) is 0 Å². The fraction of sp³-hybridized carbons (Fsp3) is 0.278. The van der Waals surface area contributed by atoms with E-state index in [9.17, 15) is 17.6 Å². The molecule has 0 bridgehead atoms. The summed E-state index contributed by atoms with van der Waals surface area (Å²) in [4.78, 5) is 12.4. The number of rotatable bonds is 7. The number of nitrogens with zero attached hydrogens (tertiary/aromatic N) is 1. The zero-order valence-corrected chi connectivity index (χ0v) is 16.1. The van der Waals surface area contributed by atoms with Crippen LogP contribution in [0, 0.1) is 5.82 Å². The van der Waals surface area contributed by atoms with E-state index >= 15 is 0 Å². The minimum absolute atomic E-state index is 0.0116. The van der Waals surface area contributed by atoms with E-state index < -0.39 is 15.9 Å². The van der Waals surface area contributed by atoms with Gasteiger partial charge < -0.3 is 5.32 Å².